The van der Waals surface area contributed by atoms with E-state index < -0.39 is 11.0 Å². The average molecular weight is 490 g/mol. The minimum absolute atomic E-state index is 0.147. The van der Waals surface area contributed by atoms with E-state index in [0.717, 1.165) is 29.7 Å². The quantitative estimate of drug-likeness (QED) is 0.332. The van der Waals surface area contributed by atoms with Crippen LogP contribution in [-0.4, -0.2) is 26.1 Å². The summed E-state index contributed by atoms with van der Waals surface area (Å²) in [5.74, 6) is 1.93. The van der Waals surface area contributed by atoms with Crippen LogP contribution in [0.3, 0.4) is 0 Å². The van der Waals surface area contributed by atoms with E-state index in [-0.39, 0.29) is 18.1 Å². The monoisotopic (exact) mass is 489 g/mol. The second-order valence-electron chi connectivity index (χ2n) is 6.77. The Hall–Kier alpha value is -2.87. The molecule has 0 saturated carbocycles. The van der Waals surface area contributed by atoms with Crippen LogP contribution in [0.5, 0.6) is 23.0 Å². The molecule has 0 amide bonds. The lowest BCUT2D eigenvalue weighted by molar-refractivity contribution is 0.288. The third-order valence-corrected chi connectivity index (χ3v) is 5.01. The van der Waals surface area contributed by atoms with Crippen LogP contribution >= 0.6 is 0 Å². The van der Waals surface area contributed by atoms with Gasteiger partial charge in [0, 0.05) is 6.61 Å². The number of hydrogen-bond acceptors (Lipinski definition) is 5. The maximum atomic E-state index is 10.6. The zero-order valence-electron chi connectivity index (χ0n) is 21.0. The highest BCUT2D eigenvalue weighted by Gasteiger charge is 2.08. The van der Waals surface area contributed by atoms with Gasteiger partial charge in [0.2, 0.25) is 0 Å². The predicted molar refractivity (Wildman–Crippen MR) is 141 cm³/mol. The van der Waals surface area contributed by atoms with Crippen LogP contribution in [-0.2, 0) is 17.4 Å². The van der Waals surface area contributed by atoms with Crippen LogP contribution in [0.15, 0.2) is 65.6 Å². The number of phenols is 2. The number of aromatic hydroxyl groups is 2. The fourth-order valence-corrected chi connectivity index (χ4v) is 3.25. The van der Waals surface area contributed by atoms with E-state index in [9.17, 15) is 9.32 Å². The van der Waals surface area contributed by atoms with Crippen LogP contribution in [0.25, 0.3) is 0 Å². The zero-order chi connectivity index (χ0) is 26.1. The van der Waals surface area contributed by atoms with Gasteiger partial charge in [-0.3, -0.25) is 0 Å². The van der Waals surface area contributed by atoms with Crippen molar-refractivity contribution in [1.82, 2.24) is 0 Å². The molecule has 0 heterocycles. The highest BCUT2D eigenvalue weighted by atomic mass is 32.2. The smallest absolute Gasteiger partial charge is 0.133 e. The molecule has 6 nitrogen and oxygen atoms in total. The highest BCUT2D eigenvalue weighted by molar-refractivity contribution is 7.82. The van der Waals surface area contributed by atoms with Crippen molar-refractivity contribution in [2.45, 2.75) is 59.3 Å². The molecule has 3 rings (SSSR count). The van der Waals surface area contributed by atoms with Gasteiger partial charge in [0.1, 0.15) is 34.0 Å². The molecule has 0 radical (unpaired) electrons. The van der Waals surface area contributed by atoms with Gasteiger partial charge in [0.25, 0.3) is 0 Å². The normalized spacial score (nSPS) is 10.4. The molecule has 0 aliphatic carbocycles. The number of nitrogens with two attached hydrogens (primary N) is 1. The summed E-state index contributed by atoms with van der Waals surface area (Å²) in [5.41, 5.74) is 3.36. The van der Waals surface area contributed by atoms with Crippen LogP contribution in [0, 0.1) is 13.8 Å². The van der Waals surface area contributed by atoms with E-state index in [1.54, 1.807) is 24.3 Å². The Morgan fingerprint density at radius 1 is 0.824 bits per heavy atom. The van der Waals surface area contributed by atoms with Crippen molar-refractivity contribution in [2.75, 3.05) is 6.61 Å². The molecule has 5 N–H and O–H groups in total. The average Bonchev–Trinajstić information content (AvgIpc) is 2.84. The maximum absolute atomic E-state index is 10.6. The number of rotatable bonds is 6. The number of benzene rings is 3. The summed E-state index contributed by atoms with van der Waals surface area (Å²) in [6.45, 7) is 12.3. The van der Waals surface area contributed by atoms with Crippen LogP contribution < -0.4 is 9.88 Å². The van der Waals surface area contributed by atoms with Crippen molar-refractivity contribution < 1.29 is 24.3 Å². The van der Waals surface area contributed by atoms with Gasteiger partial charge < -0.3 is 20.1 Å². The van der Waals surface area contributed by atoms with E-state index in [2.05, 4.69) is 12.1 Å². The Bertz CT molecular complexity index is 950. The summed E-state index contributed by atoms with van der Waals surface area (Å²) in [5, 5.41) is 32.0. The number of aliphatic hydroxyl groups excluding tert-OH is 1. The van der Waals surface area contributed by atoms with Crippen molar-refractivity contribution in [1.29, 1.82) is 0 Å². The van der Waals surface area contributed by atoms with E-state index in [4.69, 9.17) is 20.1 Å². The molecule has 188 valence electrons. The molecule has 0 aromatic heterocycles. The van der Waals surface area contributed by atoms with E-state index in [0.29, 0.717) is 10.6 Å². The summed E-state index contributed by atoms with van der Waals surface area (Å²) in [6.07, 6.45) is 1.65. The number of aryl methyl sites for hydroxylation is 3. The largest absolute Gasteiger partial charge is 0.508 e. The molecule has 34 heavy (non-hydrogen) atoms. The van der Waals surface area contributed by atoms with Gasteiger partial charge in [-0.15, -0.1) is 0 Å². The molecular formula is C27H39NO5S. The first kappa shape index (κ1) is 31.1. The van der Waals surface area contributed by atoms with Gasteiger partial charge in [-0.1, -0.05) is 39.8 Å². The van der Waals surface area contributed by atoms with Gasteiger partial charge in [-0.2, -0.15) is 0 Å². The van der Waals surface area contributed by atoms with Gasteiger partial charge in [0.05, 0.1) is 4.90 Å². The molecule has 0 aliphatic rings. The van der Waals surface area contributed by atoms with Gasteiger partial charge in [0.15, 0.2) is 0 Å². The molecule has 0 spiro atoms. The molecule has 0 aliphatic heterocycles. The minimum atomic E-state index is -1.45. The van der Waals surface area contributed by atoms with Crippen molar-refractivity contribution >= 4 is 11.0 Å². The van der Waals surface area contributed by atoms with Gasteiger partial charge in [-0.25, -0.2) is 9.35 Å². The lowest BCUT2D eigenvalue weighted by Crippen LogP contribution is -2.01. The van der Waals surface area contributed by atoms with E-state index in [1.807, 2.05) is 41.5 Å². The highest BCUT2D eigenvalue weighted by Crippen LogP contribution is 2.30. The minimum Gasteiger partial charge on any atom is -0.508 e. The van der Waals surface area contributed by atoms with Crippen LogP contribution in [0.1, 0.15) is 50.8 Å². The molecular weight excluding hydrogens is 450 g/mol. The molecule has 0 fully saturated rings. The van der Waals surface area contributed by atoms with Crippen molar-refractivity contribution in [3.8, 4) is 23.0 Å². The SMILES string of the molecule is CC.CC.Cc1cc(CCCO)cc(C)c1Oc1ccc(O)cc1.NS(=O)c1ccc(O)cc1. The summed E-state index contributed by atoms with van der Waals surface area (Å²) in [6, 6.07) is 16.8. The van der Waals surface area contributed by atoms with E-state index >= 15 is 0 Å². The third kappa shape index (κ3) is 11.3. The van der Waals surface area contributed by atoms with Crippen molar-refractivity contribution in [2.24, 2.45) is 5.14 Å². The van der Waals surface area contributed by atoms with Crippen LogP contribution in [0.4, 0.5) is 0 Å². The summed E-state index contributed by atoms with van der Waals surface area (Å²) >= 11 is 0. The first-order valence-corrected chi connectivity index (χ1v) is 12.6. The molecule has 1 atom stereocenters. The van der Waals surface area contributed by atoms with Gasteiger partial charge in [-0.05, 0) is 91.9 Å². The molecule has 3 aromatic rings. The van der Waals surface area contributed by atoms with Crippen molar-refractivity contribution in [3.63, 3.8) is 0 Å². The summed E-state index contributed by atoms with van der Waals surface area (Å²) in [7, 11) is -1.45. The third-order valence-electron chi connectivity index (χ3n) is 4.27. The maximum Gasteiger partial charge on any atom is 0.133 e. The molecule has 0 bridgehead atoms. The fraction of sp³-hybridized carbons (Fsp3) is 0.333. The Kier molecular flexibility index (Phi) is 16.1. The van der Waals surface area contributed by atoms with Crippen molar-refractivity contribution in [3.05, 3.63) is 77.4 Å². The Balaban J connectivity index is 0.000000653. The first-order valence-electron chi connectivity index (χ1n) is 11.4. The number of hydrogen-bond donors (Lipinski definition) is 4. The number of aliphatic hydroxyl groups is 1. The Labute approximate surface area is 206 Å². The fourth-order valence-electron chi connectivity index (χ4n) is 2.84. The lowest BCUT2D eigenvalue weighted by Gasteiger charge is -2.14. The molecule has 3 aromatic carbocycles. The number of ether oxygens (including phenoxy) is 1. The van der Waals surface area contributed by atoms with E-state index in [1.165, 1.54) is 29.8 Å². The summed E-state index contributed by atoms with van der Waals surface area (Å²) in [4.78, 5) is 0.512. The van der Waals surface area contributed by atoms with Gasteiger partial charge >= 0.3 is 0 Å². The topological polar surface area (TPSA) is 113 Å². The zero-order valence-corrected chi connectivity index (χ0v) is 21.9. The molecule has 7 heteroatoms. The Morgan fingerprint density at radius 2 is 1.26 bits per heavy atom. The second kappa shape index (κ2) is 17.6. The lowest BCUT2D eigenvalue weighted by atomic mass is 10.0. The van der Waals surface area contributed by atoms with Crippen LogP contribution in [0.2, 0.25) is 0 Å². The molecule has 1 unspecified atom stereocenters. The second-order valence-corrected chi connectivity index (χ2v) is 7.84. The summed E-state index contributed by atoms with van der Waals surface area (Å²) < 4.78 is 16.5. The Morgan fingerprint density at radius 3 is 1.68 bits per heavy atom. The predicted octanol–water partition coefficient (Wildman–Crippen LogP) is 6.15. The molecule has 0 saturated heterocycles. The standard InChI is InChI=1S/C17H20O3.C6H7NO2S.2C2H6/c1-12-10-14(4-3-9-18)11-13(2)17(12)20-16-7-5-15(19)6-8-16;7-10(9)6-3-1-5(8)2-4-6;2*1-2/h5-8,10-11,18-19H,3-4,9H2,1-2H3;1-4,8H,7H2;2*1-2H3. The first-order chi connectivity index (χ1) is 16.3. The number of phenolic OH excluding ortho intramolecular Hbond substituents is 2.